The van der Waals surface area contributed by atoms with Crippen LogP contribution >= 0.6 is 0 Å². The van der Waals surface area contributed by atoms with Gasteiger partial charge >= 0.3 is 53.9 Å². The van der Waals surface area contributed by atoms with Crippen molar-refractivity contribution in [3.8, 4) is 0 Å². The van der Waals surface area contributed by atoms with E-state index >= 15 is 0 Å². The molecule has 0 fully saturated rings. The third-order valence-electron chi connectivity index (χ3n) is 3.14. The number of carbonyl (C=O) groups is 2. The van der Waals surface area contributed by atoms with Crippen molar-refractivity contribution >= 4 is 23.8 Å². The summed E-state index contributed by atoms with van der Waals surface area (Å²) >= 11 is 0. The summed E-state index contributed by atoms with van der Waals surface area (Å²) in [5.41, 5.74) is 1.36. The summed E-state index contributed by atoms with van der Waals surface area (Å²) in [6, 6.07) is 7.82. The quantitative estimate of drug-likeness (QED) is 0.297. The topological polar surface area (TPSA) is 103 Å². The van der Waals surface area contributed by atoms with Crippen LogP contribution in [0, 0.1) is 64.0 Å². The van der Waals surface area contributed by atoms with Crippen molar-refractivity contribution in [2.24, 2.45) is 5.10 Å². The fourth-order valence-corrected chi connectivity index (χ4v) is 2.21. The van der Waals surface area contributed by atoms with E-state index in [-0.39, 0.29) is 70.0 Å². The molecular formula is C19H31CeN4O4. The Morgan fingerprint density at radius 1 is 1.11 bits per heavy atom. The molecule has 28 heavy (non-hydrogen) atoms. The molecule has 0 aliphatic carbocycles. The number of anilines is 1. The molecule has 2 bridgehead atoms. The Balaban J connectivity index is -0.00000156. The summed E-state index contributed by atoms with van der Waals surface area (Å²) in [6.45, 7) is 5.75. The van der Waals surface area contributed by atoms with Crippen molar-refractivity contribution in [2.45, 2.75) is 39.2 Å². The molecule has 2 amide bonds. The maximum Gasteiger partial charge on any atom is 3.00 e. The third-order valence-corrected chi connectivity index (χ3v) is 3.14. The number of carboxylic acid groups (broad SMARTS) is 1. The number of hydrazone groups is 1. The number of benzene rings is 1. The van der Waals surface area contributed by atoms with Gasteiger partial charge in [-0.1, -0.05) is 12.1 Å². The van der Waals surface area contributed by atoms with Gasteiger partial charge in [0.2, 0.25) is 5.96 Å². The molecule has 155 valence electrons. The van der Waals surface area contributed by atoms with E-state index in [4.69, 9.17) is 9.84 Å². The molecule has 1 aromatic carbocycles. The second-order valence-corrected chi connectivity index (χ2v) is 6.40. The maximum absolute atomic E-state index is 11.9. The number of aryl methyl sites for hydroxylation is 1. The minimum atomic E-state index is -1.33. The molecule has 0 unspecified atom stereocenters. The fourth-order valence-electron chi connectivity index (χ4n) is 2.21. The summed E-state index contributed by atoms with van der Waals surface area (Å²) in [5, 5.41) is 19.2. The van der Waals surface area contributed by atoms with Crippen LogP contribution in [-0.4, -0.2) is 35.4 Å². The van der Waals surface area contributed by atoms with Gasteiger partial charge < -0.3 is 32.1 Å². The number of amides is 2. The summed E-state index contributed by atoms with van der Waals surface area (Å²) in [5.74, 6) is -0.207. The fraction of sp³-hybridized carbons (Fsp3) is 0.368. The summed E-state index contributed by atoms with van der Waals surface area (Å²) in [4.78, 5) is 22.8. The predicted molar refractivity (Wildman–Crippen MR) is 109 cm³/mol. The second kappa shape index (κ2) is 13.7. The molecule has 1 radical (unpaired) electrons. The van der Waals surface area contributed by atoms with Crippen molar-refractivity contribution in [1.82, 2.24) is 10.6 Å². The van der Waals surface area contributed by atoms with E-state index in [1.54, 1.807) is 25.8 Å². The van der Waals surface area contributed by atoms with Crippen molar-refractivity contribution in [3.05, 3.63) is 52.1 Å². The Kier molecular flexibility index (Phi) is 15.3. The van der Waals surface area contributed by atoms with E-state index in [0.29, 0.717) is 6.54 Å². The van der Waals surface area contributed by atoms with Gasteiger partial charge in [0.05, 0.1) is 5.69 Å². The van der Waals surface area contributed by atoms with Gasteiger partial charge in [-0.25, -0.2) is 9.59 Å². The van der Waals surface area contributed by atoms with Gasteiger partial charge in [-0.3, -0.25) is 15.6 Å². The Hall–Kier alpha value is -1.39. The van der Waals surface area contributed by atoms with Crippen LogP contribution in [0.1, 0.15) is 32.8 Å². The number of nitrogens with one attached hydrogen (secondary N) is 2. The summed E-state index contributed by atoms with van der Waals surface area (Å²) in [7, 11) is 0. The van der Waals surface area contributed by atoms with Gasteiger partial charge in [-0.05, 0) is 51.3 Å². The molecule has 3 rings (SSSR count). The number of carbonyl (C=O) groups excluding carboxylic acids is 1. The molecule has 3 N–H and O–H groups in total. The van der Waals surface area contributed by atoms with Gasteiger partial charge in [0.1, 0.15) is 5.60 Å². The zero-order valence-corrected chi connectivity index (χ0v) is 20.6. The number of ether oxygens (including phenoxy) is 1. The molecule has 9 heteroatoms. The minimum Gasteiger partial charge on any atom is -0.465 e. The van der Waals surface area contributed by atoms with E-state index in [1.165, 1.54) is 5.56 Å². The standard InChI is InChI=1S/C16H22N4O4.3CH3.Ce/c1-16(2,3)24-15(23)18-13(17-14(21)22)19-20-10-4-5-11-6-8-12(20)9-7-11;;;;/h6-9H,4-5,10H2,1-3H3,(H,21,22)(H2,17,18,19,23);3*1H3;/q;3*-1;+3. The van der Waals surface area contributed by atoms with Crippen LogP contribution < -0.4 is 15.6 Å². The van der Waals surface area contributed by atoms with Gasteiger partial charge in [0, 0.05) is 6.54 Å². The van der Waals surface area contributed by atoms with E-state index in [9.17, 15) is 9.59 Å². The Labute approximate surface area is 202 Å². The first kappa shape index (κ1) is 31.3. The van der Waals surface area contributed by atoms with Gasteiger partial charge in [-0.2, -0.15) is 0 Å². The third kappa shape index (κ3) is 10.8. The van der Waals surface area contributed by atoms with Crippen LogP contribution in [0.4, 0.5) is 15.3 Å². The average Bonchev–Trinajstić information content (AvgIpc) is 2.40. The zero-order chi connectivity index (χ0) is 17.7. The van der Waals surface area contributed by atoms with Crippen LogP contribution in [0.3, 0.4) is 0 Å². The number of hydrogen-bond donors (Lipinski definition) is 3. The smallest absolute Gasteiger partial charge is 0.465 e. The molecule has 8 nitrogen and oxygen atoms in total. The number of hydrogen-bond acceptors (Lipinski definition) is 5. The molecule has 0 spiro atoms. The molecule has 0 atom stereocenters. The summed E-state index contributed by atoms with van der Waals surface area (Å²) in [6.07, 6.45) is -0.332. The molecule has 0 saturated heterocycles. The van der Waals surface area contributed by atoms with E-state index in [0.717, 1.165) is 18.5 Å². The molecular weight excluding hydrogens is 488 g/mol. The molecule has 0 saturated carbocycles. The molecule has 2 heterocycles. The number of guanidine groups is 1. The Morgan fingerprint density at radius 3 is 2.18 bits per heavy atom. The van der Waals surface area contributed by atoms with E-state index in [2.05, 4.69) is 15.7 Å². The van der Waals surface area contributed by atoms with Crippen molar-refractivity contribution in [2.75, 3.05) is 11.6 Å². The number of alkyl carbamates (subject to hydrolysis) is 1. The monoisotopic (exact) mass is 519 g/mol. The number of rotatable bonds is 1. The molecule has 2 aliphatic rings. The van der Waals surface area contributed by atoms with Crippen LogP contribution in [0.5, 0.6) is 0 Å². The average molecular weight is 520 g/mol. The normalized spacial score (nSPS) is 12.5. The number of nitrogens with zero attached hydrogens (tertiary/aromatic N) is 2. The van der Waals surface area contributed by atoms with Crippen molar-refractivity contribution in [3.63, 3.8) is 0 Å². The number of fused-ring (bicyclic) bond motifs is 5. The minimum absolute atomic E-state index is 0. The van der Waals surface area contributed by atoms with Crippen LogP contribution in [-0.2, 0) is 11.2 Å². The summed E-state index contributed by atoms with van der Waals surface area (Å²) < 4.78 is 5.12. The van der Waals surface area contributed by atoms with E-state index < -0.39 is 17.8 Å². The zero-order valence-electron chi connectivity index (χ0n) is 17.5. The van der Waals surface area contributed by atoms with Gasteiger partial charge in [0.25, 0.3) is 0 Å². The Bertz CT molecular complexity index is 642. The SMILES string of the molecule is CC(C)(C)OC(=O)N/C(=N\N1CCCc2ccc1cc2)NC(=O)O.[CH3-].[CH3-].[CH3-].[Ce+3]. The van der Waals surface area contributed by atoms with Crippen LogP contribution in [0.15, 0.2) is 29.4 Å². The Morgan fingerprint density at radius 2 is 1.68 bits per heavy atom. The first-order chi connectivity index (χ1) is 11.2. The maximum atomic E-state index is 11.9. The molecule has 1 aromatic rings. The first-order valence-electron chi connectivity index (χ1n) is 7.68. The predicted octanol–water partition coefficient (Wildman–Crippen LogP) is 3.85. The van der Waals surface area contributed by atoms with Crippen LogP contribution in [0.2, 0.25) is 0 Å². The van der Waals surface area contributed by atoms with Crippen molar-refractivity contribution < 1.29 is 61.2 Å². The molecule has 2 aliphatic heterocycles. The largest absolute Gasteiger partial charge is 3.00 e. The van der Waals surface area contributed by atoms with Gasteiger partial charge in [0.15, 0.2) is 0 Å². The molecule has 0 aromatic heterocycles. The van der Waals surface area contributed by atoms with Crippen molar-refractivity contribution in [1.29, 1.82) is 0 Å². The first-order valence-corrected chi connectivity index (χ1v) is 7.68. The van der Waals surface area contributed by atoms with Gasteiger partial charge in [-0.15, -0.1) is 5.10 Å². The van der Waals surface area contributed by atoms with E-state index in [1.807, 2.05) is 24.3 Å². The second-order valence-electron chi connectivity index (χ2n) is 6.40. The van der Waals surface area contributed by atoms with Crippen LogP contribution in [0.25, 0.3) is 0 Å².